The zero-order chi connectivity index (χ0) is 10.8. The largest absolute Gasteiger partial charge is 0.394 e. The van der Waals surface area contributed by atoms with Crippen LogP contribution in [0.15, 0.2) is 24.3 Å². The van der Waals surface area contributed by atoms with Gasteiger partial charge in [-0.25, -0.2) is 0 Å². The van der Waals surface area contributed by atoms with Crippen LogP contribution in [-0.4, -0.2) is 17.6 Å². The highest BCUT2D eigenvalue weighted by molar-refractivity contribution is 5.92. The van der Waals surface area contributed by atoms with Gasteiger partial charge >= 0.3 is 0 Å². The fourth-order valence-electron chi connectivity index (χ4n) is 1.11. The number of primary amides is 1. The molecule has 0 aliphatic rings. The molecule has 0 spiro atoms. The molecular weight excluding hydrogens is 180 g/mol. The van der Waals surface area contributed by atoms with Gasteiger partial charge in [0.1, 0.15) is 0 Å². The van der Waals surface area contributed by atoms with Crippen molar-refractivity contribution in [2.24, 2.45) is 11.5 Å². The normalized spacial score (nSPS) is 14.8. The van der Waals surface area contributed by atoms with Gasteiger partial charge in [0.15, 0.2) is 0 Å². The molecule has 0 heterocycles. The van der Waals surface area contributed by atoms with E-state index < -0.39 is 11.4 Å². The van der Waals surface area contributed by atoms with E-state index in [1.165, 1.54) is 0 Å². The van der Waals surface area contributed by atoms with Crippen molar-refractivity contribution in [3.8, 4) is 0 Å². The van der Waals surface area contributed by atoms with Crippen LogP contribution in [0.25, 0.3) is 0 Å². The molecule has 4 heteroatoms. The average Bonchev–Trinajstić information content (AvgIpc) is 2.18. The average molecular weight is 194 g/mol. The lowest BCUT2D eigenvalue weighted by Gasteiger charge is -2.22. The fourth-order valence-corrected chi connectivity index (χ4v) is 1.11. The third-order valence-electron chi connectivity index (χ3n) is 2.16. The second-order valence-corrected chi connectivity index (χ2v) is 3.52. The Balaban J connectivity index is 2.99. The lowest BCUT2D eigenvalue weighted by molar-refractivity contribution is 0.1000. The molecule has 1 rings (SSSR count). The summed E-state index contributed by atoms with van der Waals surface area (Å²) >= 11 is 0. The van der Waals surface area contributed by atoms with Crippen LogP contribution in [-0.2, 0) is 5.54 Å². The standard InChI is InChI=1S/C10H14N2O2/c1-10(12,6-13)8-4-2-7(3-5-8)9(11)14/h2-5,13H,6,12H2,1H3,(H2,11,14)/t10-/m0/s1. The molecule has 0 unspecified atom stereocenters. The van der Waals surface area contributed by atoms with Gasteiger partial charge in [0, 0.05) is 5.56 Å². The van der Waals surface area contributed by atoms with Crippen molar-refractivity contribution in [1.82, 2.24) is 0 Å². The summed E-state index contributed by atoms with van der Waals surface area (Å²) in [5.41, 5.74) is 11.3. The molecule has 1 aromatic rings. The summed E-state index contributed by atoms with van der Waals surface area (Å²) in [5, 5.41) is 9.01. The highest BCUT2D eigenvalue weighted by atomic mass is 16.3. The number of amides is 1. The number of nitrogens with two attached hydrogens (primary N) is 2. The number of rotatable bonds is 3. The van der Waals surface area contributed by atoms with Gasteiger partial charge in [0.05, 0.1) is 12.1 Å². The van der Waals surface area contributed by atoms with E-state index in [0.717, 1.165) is 5.56 Å². The Hall–Kier alpha value is -1.39. The second kappa shape index (κ2) is 3.77. The first-order valence-electron chi connectivity index (χ1n) is 4.27. The summed E-state index contributed by atoms with van der Waals surface area (Å²) in [6.45, 7) is 1.56. The summed E-state index contributed by atoms with van der Waals surface area (Å²) in [4.78, 5) is 10.8. The first-order chi connectivity index (χ1) is 6.47. The lowest BCUT2D eigenvalue weighted by Crippen LogP contribution is -2.36. The van der Waals surface area contributed by atoms with E-state index in [-0.39, 0.29) is 6.61 Å². The van der Waals surface area contributed by atoms with Gasteiger partial charge in [-0.2, -0.15) is 0 Å². The fraction of sp³-hybridized carbons (Fsp3) is 0.300. The zero-order valence-electron chi connectivity index (χ0n) is 8.03. The third-order valence-corrected chi connectivity index (χ3v) is 2.16. The van der Waals surface area contributed by atoms with Crippen molar-refractivity contribution < 1.29 is 9.90 Å². The summed E-state index contributed by atoms with van der Waals surface area (Å²) < 4.78 is 0. The number of aliphatic hydroxyl groups is 1. The maximum Gasteiger partial charge on any atom is 0.248 e. The molecule has 14 heavy (non-hydrogen) atoms. The SMILES string of the molecule is C[C@](N)(CO)c1ccc(C(N)=O)cc1. The van der Waals surface area contributed by atoms with Crippen molar-refractivity contribution in [3.63, 3.8) is 0 Å². The topological polar surface area (TPSA) is 89.3 Å². The molecule has 0 aliphatic carbocycles. The minimum absolute atomic E-state index is 0.150. The van der Waals surface area contributed by atoms with Crippen molar-refractivity contribution in [2.75, 3.05) is 6.61 Å². The summed E-state index contributed by atoms with van der Waals surface area (Å²) in [7, 11) is 0. The summed E-state index contributed by atoms with van der Waals surface area (Å²) in [6, 6.07) is 6.57. The van der Waals surface area contributed by atoms with E-state index in [9.17, 15) is 4.79 Å². The van der Waals surface area contributed by atoms with Gasteiger partial charge in [-0.1, -0.05) is 12.1 Å². The van der Waals surface area contributed by atoms with Crippen LogP contribution in [0, 0.1) is 0 Å². The first-order valence-corrected chi connectivity index (χ1v) is 4.27. The number of hydrogen-bond donors (Lipinski definition) is 3. The number of benzene rings is 1. The van der Waals surface area contributed by atoms with Gasteiger partial charge in [0.25, 0.3) is 0 Å². The maximum absolute atomic E-state index is 10.8. The van der Waals surface area contributed by atoms with Crippen molar-refractivity contribution in [2.45, 2.75) is 12.5 Å². The molecule has 0 fully saturated rings. The molecule has 0 bridgehead atoms. The molecule has 0 saturated carbocycles. The van der Waals surface area contributed by atoms with E-state index in [2.05, 4.69) is 0 Å². The Morgan fingerprint density at radius 3 is 2.29 bits per heavy atom. The van der Waals surface area contributed by atoms with Crippen molar-refractivity contribution in [3.05, 3.63) is 35.4 Å². The first kappa shape index (κ1) is 10.7. The number of carbonyl (C=O) groups is 1. The molecule has 5 N–H and O–H groups in total. The van der Waals surface area contributed by atoms with Crippen LogP contribution in [0.2, 0.25) is 0 Å². The Labute approximate surface area is 82.5 Å². The van der Waals surface area contributed by atoms with E-state index in [1.54, 1.807) is 31.2 Å². The van der Waals surface area contributed by atoms with E-state index in [4.69, 9.17) is 16.6 Å². The molecule has 0 aromatic heterocycles. The molecule has 1 amide bonds. The van der Waals surface area contributed by atoms with Gasteiger partial charge in [-0.3, -0.25) is 4.79 Å². The minimum Gasteiger partial charge on any atom is -0.394 e. The van der Waals surface area contributed by atoms with E-state index in [1.807, 2.05) is 0 Å². The van der Waals surface area contributed by atoms with Gasteiger partial charge in [0.2, 0.25) is 5.91 Å². The Kier molecular flexibility index (Phi) is 2.88. The molecule has 0 aliphatic heterocycles. The molecule has 4 nitrogen and oxygen atoms in total. The second-order valence-electron chi connectivity index (χ2n) is 3.52. The maximum atomic E-state index is 10.8. The van der Waals surface area contributed by atoms with E-state index >= 15 is 0 Å². The molecular formula is C10H14N2O2. The smallest absolute Gasteiger partial charge is 0.248 e. The minimum atomic E-state index is -0.782. The summed E-state index contributed by atoms with van der Waals surface area (Å²) in [5.74, 6) is -0.473. The van der Waals surface area contributed by atoms with Gasteiger partial charge < -0.3 is 16.6 Å². The highest BCUT2D eigenvalue weighted by Crippen LogP contribution is 2.17. The monoisotopic (exact) mass is 194 g/mol. The molecule has 0 radical (unpaired) electrons. The Morgan fingerprint density at radius 1 is 1.43 bits per heavy atom. The van der Waals surface area contributed by atoms with Crippen LogP contribution in [0.1, 0.15) is 22.8 Å². The van der Waals surface area contributed by atoms with Crippen LogP contribution in [0.4, 0.5) is 0 Å². The van der Waals surface area contributed by atoms with E-state index in [0.29, 0.717) is 5.56 Å². The van der Waals surface area contributed by atoms with Crippen LogP contribution in [0.3, 0.4) is 0 Å². The zero-order valence-corrected chi connectivity index (χ0v) is 8.03. The lowest BCUT2D eigenvalue weighted by atomic mass is 9.93. The van der Waals surface area contributed by atoms with Gasteiger partial charge in [-0.05, 0) is 24.6 Å². The highest BCUT2D eigenvalue weighted by Gasteiger charge is 2.19. The third kappa shape index (κ3) is 2.10. The van der Waals surface area contributed by atoms with Crippen molar-refractivity contribution >= 4 is 5.91 Å². The molecule has 0 saturated heterocycles. The number of carbonyl (C=O) groups excluding carboxylic acids is 1. The quantitative estimate of drug-likeness (QED) is 0.630. The predicted molar refractivity (Wildman–Crippen MR) is 53.6 cm³/mol. The number of aliphatic hydroxyl groups excluding tert-OH is 1. The van der Waals surface area contributed by atoms with Crippen LogP contribution >= 0.6 is 0 Å². The Bertz CT molecular complexity index is 330. The van der Waals surface area contributed by atoms with Crippen LogP contribution < -0.4 is 11.5 Å². The predicted octanol–water partition coefficient (Wildman–Crippen LogP) is -0.0483. The molecule has 1 aromatic carbocycles. The molecule has 1 atom stereocenters. The summed E-state index contributed by atoms with van der Waals surface area (Å²) in [6.07, 6.45) is 0. The number of hydrogen-bond acceptors (Lipinski definition) is 3. The molecule has 76 valence electrons. The Morgan fingerprint density at radius 2 is 1.93 bits per heavy atom. The van der Waals surface area contributed by atoms with Crippen LogP contribution in [0.5, 0.6) is 0 Å². The van der Waals surface area contributed by atoms with Gasteiger partial charge in [-0.15, -0.1) is 0 Å². The van der Waals surface area contributed by atoms with Crippen molar-refractivity contribution in [1.29, 1.82) is 0 Å².